The van der Waals surface area contributed by atoms with E-state index in [2.05, 4.69) is 15.6 Å². The molecule has 8 heteroatoms. The number of thiazole rings is 1. The summed E-state index contributed by atoms with van der Waals surface area (Å²) < 4.78 is 5.04. The first-order valence-corrected chi connectivity index (χ1v) is 9.17. The Hall–Kier alpha value is -2.61. The van der Waals surface area contributed by atoms with Crippen LogP contribution in [0.25, 0.3) is 11.3 Å². The highest BCUT2D eigenvalue weighted by Gasteiger charge is 2.14. The van der Waals surface area contributed by atoms with Crippen LogP contribution in [-0.4, -0.2) is 29.1 Å². The van der Waals surface area contributed by atoms with Crippen molar-refractivity contribution in [1.82, 2.24) is 10.3 Å². The van der Waals surface area contributed by atoms with E-state index >= 15 is 0 Å². The molecule has 0 spiro atoms. The summed E-state index contributed by atoms with van der Waals surface area (Å²) in [7, 11) is 0. The van der Waals surface area contributed by atoms with Crippen LogP contribution in [-0.2, 0) is 9.53 Å². The molecule has 0 atom stereocenters. The van der Waals surface area contributed by atoms with Gasteiger partial charge in [0.15, 0.2) is 5.13 Å². The lowest BCUT2D eigenvalue weighted by molar-refractivity contribution is -0.116. The third kappa shape index (κ3) is 6.72. The highest BCUT2D eigenvalue weighted by molar-refractivity contribution is 7.14. The molecule has 2 rings (SSSR count). The van der Waals surface area contributed by atoms with Gasteiger partial charge in [0.25, 0.3) is 0 Å². The van der Waals surface area contributed by atoms with E-state index in [-0.39, 0.29) is 24.5 Å². The Morgan fingerprint density at radius 3 is 2.77 bits per heavy atom. The average molecular weight is 376 g/mol. The van der Waals surface area contributed by atoms with E-state index in [1.165, 1.54) is 11.3 Å². The summed E-state index contributed by atoms with van der Waals surface area (Å²) in [6, 6.07) is 7.41. The van der Waals surface area contributed by atoms with Gasteiger partial charge in [-0.3, -0.25) is 4.79 Å². The van der Waals surface area contributed by atoms with Crippen molar-refractivity contribution in [3.05, 3.63) is 29.6 Å². The van der Waals surface area contributed by atoms with Crippen molar-refractivity contribution in [2.45, 2.75) is 39.2 Å². The summed E-state index contributed by atoms with van der Waals surface area (Å²) in [5.74, 6) is -0.168. The van der Waals surface area contributed by atoms with E-state index in [9.17, 15) is 9.59 Å². The number of nitrogen functional groups attached to an aromatic ring is 1. The maximum absolute atomic E-state index is 12.0. The fourth-order valence-corrected chi connectivity index (χ4v) is 2.82. The second-order valence-electron chi connectivity index (χ2n) is 6.83. The molecule has 2 aromatic rings. The quantitative estimate of drug-likeness (QED) is 0.527. The van der Waals surface area contributed by atoms with Crippen LogP contribution in [0.15, 0.2) is 29.6 Å². The van der Waals surface area contributed by atoms with Crippen molar-refractivity contribution >= 4 is 34.2 Å². The molecule has 1 aromatic carbocycles. The number of nitrogens with two attached hydrogens (primary N) is 1. The largest absolute Gasteiger partial charge is 0.450 e. The van der Waals surface area contributed by atoms with E-state index < -0.39 is 6.09 Å². The van der Waals surface area contributed by atoms with Crippen molar-refractivity contribution in [1.29, 1.82) is 0 Å². The minimum atomic E-state index is -0.482. The van der Waals surface area contributed by atoms with Crippen molar-refractivity contribution in [2.75, 3.05) is 17.7 Å². The smallest absolute Gasteiger partial charge is 0.407 e. The molecule has 0 aliphatic heterocycles. The maximum atomic E-state index is 12.0. The third-order valence-electron chi connectivity index (χ3n) is 3.19. The number of hydrogen-bond donors (Lipinski definition) is 3. The molecule has 0 aliphatic rings. The van der Waals surface area contributed by atoms with E-state index in [1.54, 1.807) is 0 Å². The van der Waals surface area contributed by atoms with Crippen LogP contribution in [0, 0.1) is 0 Å². The van der Waals surface area contributed by atoms with Gasteiger partial charge in [-0.25, -0.2) is 9.78 Å². The SMILES string of the molecule is CC(C)(C)NC(=O)OCCCC(=O)Nc1nc(-c2cccc(N)c2)cs1. The van der Waals surface area contributed by atoms with Gasteiger partial charge in [-0.1, -0.05) is 12.1 Å². The first kappa shape index (κ1) is 19.7. The predicted octanol–water partition coefficient (Wildman–Crippen LogP) is 3.64. The molecule has 0 bridgehead atoms. The van der Waals surface area contributed by atoms with E-state index in [1.807, 2.05) is 50.4 Å². The molecular formula is C18H24N4O3S. The fourth-order valence-electron chi connectivity index (χ4n) is 2.08. The van der Waals surface area contributed by atoms with Crippen molar-refractivity contribution in [2.24, 2.45) is 0 Å². The Bertz CT molecular complexity index is 768. The normalized spacial score (nSPS) is 11.0. The summed E-state index contributed by atoms with van der Waals surface area (Å²) in [4.78, 5) is 27.9. The van der Waals surface area contributed by atoms with Gasteiger partial charge >= 0.3 is 6.09 Å². The van der Waals surface area contributed by atoms with Crippen LogP contribution in [0.2, 0.25) is 0 Å². The molecule has 0 fully saturated rings. The first-order valence-electron chi connectivity index (χ1n) is 8.29. The second kappa shape index (κ2) is 8.66. The fraction of sp³-hybridized carbons (Fsp3) is 0.389. The Balaban J connectivity index is 1.74. The maximum Gasteiger partial charge on any atom is 0.407 e. The number of aromatic nitrogens is 1. The summed E-state index contributed by atoms with van der Waals surface area (Å²) in [5.41, 5.74) is 7.76. The summed E-state index contributed by atoms with van der Waals surface area (Å²) in [6.07, 6.45) is 0.206. The van der Waals surface area contributed by atoms with Crippen molar-refractivity contribution in [3.63, 3.8) is 0 Å². The lowest BCUT2D eigenvalue weighted by atomic mass is 10.1. The molecule has 7 nitrogen and oxygen atoms in total. The van der Waals surface area contributed by atoms with Gasteiger partial charge in [-0.2, -0.15) is 0 Å². The molecule has 1 aromatic heterocycles. The molecule has 0 saturated heterocycles. The molecule has 4 N–H and O–H groups in total. The number of hydrogen-bond acceptors (Lipinski definition) is 6. The molecule has 1 heterocycles. The van der Waals surface area contributed by atoms with Crippen LogP contribution in [0.5, 0.6) is 0 Å². The van der Waals surface area contributed by atoms with Gasteiger partial charge in [0, 0.05) is 28.6 Å². The van der Waals surface area contributed by atoms with E-state index in [0.29, 0.717) is 17.2 Å². The van der Waals surface area contributed by atoms with Crippen LogP contribution in [0.1, 0.15) is 33.6 Å². The Morgan fingerprint density at radius 1 is 1.31 bits per heavy atom. The highest BCUT2D eigenvalue weighted by atomic mass is 32.1. The van der Waals surface area contributed by atoms with Gasteiger partial charge in [-0.15, -0.1) is 11.3 Å². The third-order valence-corrected chi connectivity index (χ3v) is 3.95. The zero-order valence-corrected chi connectivity index (χ0v) is 16.0. The number of anilines is 2. The molecule has 140 valence electrons. The standard InChI is InChI=1S/C18H24N4O3S/c1-18(2,3)22-17(24)25-9-5-8-15(23)21-16-20-14(11-26-16)12-6-4-7-13(19)10-12/h4,6-7,10-11H,5,8-9,19H2,1-3H3,(H,22,24)(H,20,21,23). The number of nitrogens with one attached hydrogen (secondary N) is 2. The van der Waals surface area contributed by atoms with Gasteiger partial charge in [-0.05, 0) is 39.3 Å². The summed E-state index contributed by atoms with van der Waals surface area (Å²) in [5, 5.41) is 7.84. The Labute approximate surface area is 157 Å². The minimum absolute atomic E-state index is 0.168. The van der Waals surface area contributed by atoms with Gasteiger partial charge in [0.2, 0.25) is 5.91 Å². The van der Waals surface area contributed by atoms with Crippen molar-refractivity contribution in [3.8, 4) is 11.3 Å². The highest BCUT2D eigenvalue weighted by Crippen LogP contribution is 2.26. The second-order valence-corrected chi connectivity index (χ2v) is 7.68. The van der Waals surface area contributed by atoms with Gasteiger partial charge in [0.05, 0.1) is 12.3 Å². The van der Waals surface area contributed by atoms with Crippen LogP contribution in [0.4, 0.5) is 15.6 Å². The number of rotatable bonds is 6. The van der Waals surface area contributed by atoms with E-state index in [4.69, 9.17) is 10.5 Å². The molecular weight excluding hydrogens is 352 g/mol. The number of benzene rings is 1. The zero-order valence-electron chi connectivity index (χ0n) is 15.2. The zero-order chi connectivity index (χ0) is 19.2. The minimum Gasteiger partial charge on any atom is -0.450 e. The number of amides is 2. The Kier molecular flexibility index (Phi) is 6.57. The van der Waals surface area contributed by atoms with Crippen LogP contribution in [0.3, 0.4) is 0 Å². The molecule has 0 unspecified atom stereocenters. The number of carbonyl (C=O) groups is 2. The average Bonchev–Trinajstić information content (AvgIpc) is 2.98. The molecule has 26 heavy (non-hydrogen) atoms. The number of nitrogens with zero attached hydrogens (tertiary/aromatic N) is 1. The van der Waals surface area contributed by atoms with Gasteiger partial charge in [0.1, 0.15) is 0 Å². The number of ether oxygens (including phenoxy) is 1. The number of carbonyl (C=O) groups excluding carboxylic acids is 2. The summed E-state index contributed by atoms with van der Waals surface area (Å²) in [6.45, 7) is 5.79. The first-order chi connectivity index (χ1) is 12.2. The monoisotopic (exact) mass is 376 g/mol. The van der Waals surface area contributed by atoms with Crippen molar-refractivity contribution < 1.29 is 14.3 Å². The van der Waals surface area contributed by atoms with Gasteiger partial charge < -0.3 is 21.1 Å². The van der Waals surface area contributed by atoms with Crippen LogP contribution >= 0.6 is 11.3 Å². The molecule has 2 amide bonds. The molecule has 0 radical (unpaired) electrons. The topological polar surface area (TPSA) is 106 Å². The summed E-state index contributed by atoms with van der Waals surface area (Å²) >= 11 is 1.35. The number of alkyl carbamates (subject to hydrolysis) is 1. The predicted molar refractivity (Wildman–Crippen MR) is 104 cm³/mol. The Morgan fingerprint density at radius 2 is 2.08 bits per heavy atom. The van der Waals surface area contributed by atoms with Crippen LogP contribution < -0.4 is 16.4 Å². The lowest BCUT2D eigenvalue weighted by Crippen LogP contribution is -2.41. The molecule has 0 aliphatic carbocycles. The molecule has 0 saturated carbocycles. The lowest BCUT2D eigenvalue weighted by Gasteiger charge is -2.19. The van der Waals surface area contributed by atoms with E-state index in [0.717, 1.165) is 11.3 Å².